The molecule has 0 fully saturated rings. The van der Waals surface area contributed by atoms with E-state index < -0.39 is 5.97 Å². The molecule has 0 atom stereocenters. The maximum absolute atomic E-state index is 11.4. The maximum atomic E-state index is 11.4. The molecule has 8 bridgehead atoms. The molecule has 10 nitrogen and oxygen atoms in total. The number of hydrogen-bond acceptors (Lipinski definition) is 6. The topological polar surface area (TPSA) is 134 Å². The Morgan fingerprint density at radius 2 is 0.792 bits per heavy atom. The Morgan fingerprint density at radius 1 is 0.491 bits per heavy atom. The predicted molar refractivity (Wildman–Crippen MR) is 200 cm³/mol. The number of carboxylic acid groups (broad SMARTS) is 1. The molecule has 9 heterocycles. The van der Waals surface area contributed by atoms with E-state index in [1.54, 1.807) is 54.1 Å². The van der Waals surface area contributed by atoms with E-state index in [0.717, 1.165) is 78.1 Å². The number of rotatable bonds is 6. The monoisotopic (exact) mass is 730 g/mol. The number of aliphatic carboxylic acids is 1. The minimum absolute atomic E-state index is 0. The fourth-order valence-electron chi connectivity index (χ4n) is 6.71. The molecule has 53 heavy (non-hydrogen) atoms. The summed E-state index contributed by atoms with van der Waals surface area (Å²) in [6.45, 7) is -0.148. The minimum Gasteiger partial charge on any atom is -0.657 e. The molecule has 9 rings (SSSR count). The third kappa shape index (κ3) is 6.35. The van der Waals surface area contributed by atoms with Crippen molar-refractivity contribution in [2.75, 3.05) is 0 Å². The Labute approximate surface area is 313 Å². The number of nitrogens with zero attached hydrogens (tertiary/aromatic N) is 8. The second-order valence-corrected chi connectivity index (χ2v) is 12.2. The molecule has 0 unspecified atom stereocenters. The number of aromatic nitrogens is 8. The van der Waals surface area contributed by atoms with E-state index in [9.17, 15) is 9.90 Å². The number of fused-ring (bicyclic) bond motifs is 8. The van der Waals surface area contributed by atoms with Crippen LogP contribution in [0.25, 0.3) is 90.9 Å². The molecule has 1 N–H and O–H groups in total. The van der Waals surface area contributed by atoms with Crippen LogP contribution in [0.2, 0.25) is 0 Å². The third-order valence-electron chi connectivity index (χ3n) is 9.01. The fraction of sp³-hybridized carbons (Fsp3) is 0.0238. The normalized spacial score (nSPS) is 11.7. The molecule has 11 heteroatoms. The van der Waals surface area contributed by atoms with Crippen molar-refractivity contribution in [3.8, 4) is 44.5 Å². The average Bonchev–Trinajstić information content (AvgIpc) is 4.01. The Bertz CT molecular complexity index is 2690. The van der Waals surface area contributed by atoms with Gasteiger partial charge in [0.05, 0.1) is 22.8 Å². The first-order valence-corrected chi connectivity index (χ1v) is 16.6. The van der Waals surface area contributed by atoms with E-state index in [1.165, 1.54) is 0 Å². The van der Waals surface area contributed by atoms with E-state index in [0.29, 0.717) is 11.2 Å². The summed E-state index contributed by atoms with van der Waals surface area (Å²) in [6, 6.07) is 23.6. The van der Waals surface area contributed by atoms with E-state index >= 15 is 0 Å². The zero-order chi connectivity index (χ0) is 35.0. The molecule has 0 saturated carbocycles. The molecule has 7 aromatic rings. The minimum atomic E-state index is -0.919. The van der Waals surface area contributed by atoms with Crippen molar-refractivity contribution in [1.29, 1.82) is 0 Å². The molecule has 0 radical (unpaired) electrons. The van der Waals surface area contributed by atoms with Gasteiger partial charge in [0, 0.05) is 49.3 Å². The fourth-order valence-corrected chi connectivity index (χ4v) is 6.71. The quantitative estimate of drug-likeness (QED) is 0.140. The van der Waals surface area contributed by atoms with Crippen molar-refractivity contribution < 1.29 is 31.5 Å². The second kappa shape index (κ2) is 14.1. The molecule has 0 aromatic carbocycles. The summed E-state index contributed by atoms with van der Waals surface area (Å²) in [5, 5.41) is 9.38. The van der Waals surface area contributed by atoms with E-state index in [-0.39, 0.29) is 23.6 Å². The van der Waals surface area contributed by atoms with Gasteiger partial charge in [0.15, 0.2) is 12.4 Å². The van der Waals surface area contributed by atoms with E-state index in [2.05, 4.69) is 15.0 Å². The smallest absolute Gasteiger partial charge is 0.657 e. The molecule has 0 spiro atoms. The molecular formula is C42H27MnN8O2+2. The molecule has 7 aromatic heterocycles. The first kappa shape index (κ1) is 33.3. The Balaban J connectivity index is 0.00000400. The Morgan fingerprint density at radius 3 is 1.09 bits per heavy atom. The van der Waals surface area contributed by atoms with Crippen LogP contribution in [0.3, 0.4) is 0 Å². The zero-order valence-corrected chi connectivity index (χ0v) is 29.1. The van der Waals surface area contributed by atoms with E-state index in [4.69, 9.17) is 19.9 Å². The molecule has 2 aliphatic heterocycles. The van der Waals surface area contributed by atoms with Crippen LogP contribution < -0.4 is 14.5 Å². The molecule has 0 aliphatic carbocycles. The van der Waals surface area contributed by atoms with Crippen molar-refractivity contribution >= 4 is 52.3 Å². The van der Waals surface area contributed by atoms with Gasteiger partial charge in [-0.1, -0.05) is 24.3 Å². The van der Waals surface area contributed by atoms with Gasteiger partial charge < -0.3 is 15.1 Å². The molecule has 0 amide bonds. The van der Waals surface area contributed by atoms with Gasteiger partial charge in [-0.05, 0) is 105 Å². The van der Waals surface area contributed by atoms with Gasteiger partial charge in [0.25, 0.3) is 0 Å². The van der Waals surface area contributed by atoms with Gasteiger partial charge in [-0.15, -0.1) is 22.1 Å². The van der Waals surface area contributed by atoms with Gasteiger partial charge in [-0.25, -0.2) is 14.8 Å². The van der Waals surface area contributed by atoms with Gasteiger partial charge in [0.1, 0.15) is 0 Å². The largest absolute Gasteiger partial charge is 3.00 e. The Kier molecular flexibility index (Phi) is 8.85. The number of pyridine rings is 4. The summed E-state index contributed by atoms with van der Waals surface area (Å²) in [4.78, 5) is 45.2. The summed E-state index contributed by atoms with van der Waals surface area (Å²) in [7, 11) is 0. The van der Waals surface area contributed by atoms with Crippen molar-refractivity contribution in [2.24, 2.45) is 0 Å². The standard InChI is InChI=1S/C42H28N8O2.Mn/c51-38(52)25-50-23-15-29(16-24-50)42-36-7-5-34(48-36)40(27-11-19-44-20-12-27)32-3-1-30(46-32)39(26-9-17-43-18-10-26)31-2-4-33(47-31)41(28-13-21-45-22-14-28)35-6-8-37(42)49-35;/h1-24H,25H2,(H2,46,47,48,49,51,52);/q;+3/p-1. The van der Waals surface area contributed by atoms with Crippen LogP contribution >= 0.6 is 0 Å². The van der Waals surface area contributed by atoms with Crippen molar-refractivity contribution in [3.63, 3.8) is 0 Å². The van der Waals surface area contributed by atoms with E-state index in [1.807, 2.05) is 97.1 Å². The van der Waals surface area contributed by atoms with Crippen molar-refractivity contribution in [1.82, 2.24) is 34.9 Å². The number of carbonyl (C=O) groups is 1. The summed E-state index contributed by atoms with van der Waals surface area (Å²) in [6.07, 6.45) is 22.2. The molecule has 2 aliphatic rings. The molecule has 252 valence electrons. The van der Waals surface area contributed by atoms with Crippen LogP contribution in [-0.4, -0.2) is 36.0 Å². The van der Waals surface area contributed by atoms with Gasteiger partial charge in [-0.3, -0.25) is 15.0 Å². The van der Waals surface area contributed by atoms with Crippen LogP contribution in [-0.2, 0) is 28.4 Å². The maximum Gasteiger partial charge on any atom is 3.00 e. The second-order valence-electron chi connectivity index (χ2n) is 12.2. The first-order chi connectivity index (χ1) is 25.6. The zero-order valence-electron chi connectivity index (χ0n) is 27.9. The summed E-state index contributed by atoms with van der Waals surface area (Å²) in [5.74, 6) is -0.919. The average molecular weight is 731 g/mol. The number of carboxylic acids is 1. The van der Waals surface area contributed by atoms with Crippen LogP contribution in [0.15, 0.2) is 122 Å². The number of hydrogen-bond donors (Lipinski definition) is 1. The summed E-state index contributed by atoms with van der Waals surface area (Å²) >= 11 is 0. The predicted octanol–water partition coefficient (Wildman–Crippen LogP) is 7.14. The third-order valence-corrected chi connectivity index (χ3v) is 9.01. The van der Waals surface area contributed by atoms with Gasteiger partial charge in [-0.2, -0.15) is 4.57 Å². The van der Waals surface area contributed by atoms with Crippen LogP contribution in [0.4, 0.5) is 0 Å². The molecular weight excluding hydrogens is 703 g/mol. The first-order valence-electron chi connectivity index (χ1n) is 16.6. The summed E-state index contributed by atoms with van der Waals surface area (Å²) < 4.78 is 1.62. The molecule has 0 saturated heterocycles. The van der Waals surface area contributed by atoms with Crippen LogP contribution in [0, 0.1) is 0 Å². The van der Waals surface area contributed by atoms with Crippen LogP contribution in [0.1, 0.15) is 22.8 Å². The van der Waals surface area contributed by atoms with Crippen LogP contribution in [0.5, 0.6) is 0 Å². The van der Waals surface area contributed by atoms with Gasteiger partial charge >= 0.3 is 23.0 Å². The summed E-state index contributed by atoms with van der Waals surface area (Å²) in [5.41, 5.74) is 13.0. The Hall–Kier alpha value is -6.81. The van der Waals surface area contributed by atoms with Gasteiger partial charge in [0.2, 0.25) is 6.54 Å². The SMILES string of the molecule is O=C(O)C[n+]1ccc(-c2c3nc(c(-c4ccncc4)c4ccc([n-]4)c(-c4ccncc4)c4nc(c(-c5ccncc5)c5ccc2[n-]5)C=C4)C=C3)cc1.[Mn+3]. The van der Waals surface area contributed by atoms with Crippen molar-refractivity contribution in [2.45, 2.75) is 6.54 Å². The van der Waals surface area contributed by atoms with Crippen molar-refractivity contribution in [3.05, 3.63) is 145 Å².